The molecule has 7 nitrogen and oxygen atoms in total. The Morgan fingerprint density at radius 1 is 1.45 bits per heavy atom. The molecule has 0 aliphatic heterocycles. The Kier molecular flexibility index (Phi) is 4.95. The van der Waals surface area contributed by atoms with E-state index in [1.165, 1.54) is 6.08 Å². The Morgan fingerprint density at radius 3 is 2.82 bits per heavy atom. The van der Waals surface area contributed by atoms with Crippen molar-refractivity contribution in [1.29, 1.82) is 0 Å². The van der Waals surface area contributed by atoms with Crippen molar-refractivity contribution in [3.8, 4) is 5.69 Å². The van der Waals surface area contributed by atoms with Crippen LogP contribution in [-0.4, -0.2) is 22.4 Å². The molecule has 2 rings (SSSR count). The first-order valence-electron chi connectivity index (χ1n) is 6.72. The molecule has 0 atom stereocenters. The standard InChI is InChI=1S/C15H15N5O2/c1-3-22-14(21)10-9-13-11(2)18-20(15(13)17-19-16)12-7-5-4-6-8-12/h4-10H,3H2,1-2H3/b10-9+. The van der Waals surface area contributed by atoms with Gasteiger partial charge in [0.1, 0.15) is 5.82 Å². The zero-order chi connectivity index (χ0) is 15.9. The molecule has 1 aromatic heterocycles. The Hall–Kier alpha value is -3.05. The quantitative estimate of drug-likeness (QED) is 0.277. The number of rotatable bonds is 5. The minimum atomic E-state index is -0.457. The molecular weight excluding hydrogens is 282 g/mol. The average Bonchev–Trinajstić information content (AvgIpc) is 2.83. The molecule has 0 amide bonds. The van der Waals surface area contributed by atoms with Gasteiger partial charge < -0.3 is 4.74 Å². The van der Waals surface area contributed by atoms with Crippen LogP contribution in [0.1, 0.15) is 18.2 Å². The number of benzene rings is 1. The number of hydrogen-bond acceptors (Lipinski definition) is 4. The highest BCUT2D eigenvalue weighted by molar-refractivity contribution is 5.88. The molecule has 7 heteroatoms. The maximum atomic E-state index is 11.4. The largest absolute Gasteiger partial charge is 0.463 e. The zero-order valence-corrected chi connectivity index (χ0v) is 12.3. The SMILES string of the molecule is CCOC(=O)/C=C/c1c(C)nn(-c2ccccc2)c1N=[N+]=[N-]. The van der Waals surface area contributed by atoms with Gasteiger partial charge in [-0.3, -0.25) is 0 Å². The summed E-state index contributed by atoms with van der Waals surface area (Å²) in [7, 11) is 0. The molecule has 0 bridgehead atoms. The van der Waals surface area contributed by atoms with Crippen LogP contribution in [0.4, 0.5) is 5.82 Å². The van der Waals surface area contributed by atoms with Gasteiger partial charge in [0.15, 0.2) is 0 Å². The summed E-state index contributed by atoms with van der Waals surface area (Å²) in [5.41, 5.74) is 10.8. The molecule has 0 spiro atoms. The fourth-order valence-electron chi connectivity index (χ4n) is 1.95. The Balaban J connectivity index is 2.49. The van der Waals surface area contributed by atoms with Gasteiger partial charge in [-0.1, -0.05) is 18.2 Å². The third-order valence-electron chi connectivity index (χ3n) is 2.89. The van der Waals surface area contributed by atoms with Crippen molar-refractivity contribution in [2.24, 2.45) is 5.11 Å². The molecular formula is C15H15N5O2. The fourth-order valence-corrected chi connectivity index (χ4v) is 1.95. The first-order valence-corrected chi connectivity index (χ1v) is 6.72. The normalized spacial score (nSPS) is 10.5. The Bertz CT molecular complexity index is 743. The average molecular weight is 297 g/mol. The van der Waals surface area contributed by atoms with Crippen molar-refractivity contribution >= 4 is 17.9 Å². The molecule has 0 aliphatic carbocycles. The summed E-state index contributed by atoms with van der Waals surface area (Å²) in [6, 6.07) is 9.30. The molecule has 0 unspecified atom stereocenters. The van der Waals surface area contributed by atoms with Crippen LogP contribution in [0.2, 0.25) is 0 Å². The summed E-state index contributed by atoms with van der Waals surface area (Å²) in [5, 5.41) is 8.08. The highest BCUT2D eigenvalue weighted by atomic mass is 16.5. The third-order valence-corrected chi connectivity index (χ3v) is 2.89. The first kappa shape index (κ1) is 15.3. The lowest BCUT2D eigenvalue weighted by molar-refractivity contribution is -0.137. The predicted molar refractivity (Wildman–Crippen MR) is 82.8 cm³/mol. The molecule has 0 saturated carbocycles. The smallest absolute Gasteiger partial charge is 0.330 e. The van der Waals surface area contributed by atoms with E-state index in [1.807, 2.05) is 30.3 Å². The third kappa shape index (κ3) is 3.34. The Labute approximate surface area is 127 Å². The molecule has 1 heterocycles. The van der Waals surface area contributed by atoms with Gasteiger partial charge in [0.2, 0.25) is 0 Å². The van der Waals surface area contributed by atoms with Crippen LogP contribution < -0.4 is 0 Å². The van der Waals surface area contributed by atoms with Crippen LogP contribution in [0.3, 0.4) is 0 Å². The molecule has 0 fully saturated rings. The van der Waals surface area contributed by atoms with Gasteiger partial charge in [-0.25, -0.2) is 9.48 Å². The summed E-state index contributed by atoms with van der Waals surface area (Å²) in [4.78, 5) is 14.3. The van der Waals surface area contributed by atoms with Crippen molar-refractivity contribution in [1.82, 2.24) is 9.78 Å². The summed E-state index contributed by atoms with van der Waals surface area (Å²) >= 11 is 0. The number of ether oxygens (including phenoxy) is 1. The molecule has 2 aromatic rings. The van der Waals surface area contributed by atoms with E-state index in [0.717, 1.165) is 5.69 Å². The predicted octanol–water partition coefficient (Wildman–Crippen LogP) is 3.70. The van der Waals surface area contributed by atoms with Gasteiger partial charge in [-0.2, -0.15) is 5.10 Å². The van der Waals surface area contributed by atoms with Gasteiger partial charge in [-0.05, 0) is 42.7 Å². The number of azide groups is 1. The molecule has 112 valence electrons. The fraction of sp³-hybridized carbons (Fsp3) is 0.200. The van der Waals surface area contributed by atoms with Crippen LogP contribution >= 0.6 is 0 Å². The van der Waals surface area contributed by atoms with Crippen molar-refractivity contribution in [3.05, 3.63) is 58.1 Å². The van der Waals surface area contributed by atoms with E-state index < -0.39 is 5.97 Å². The van der Waals surface area contributed by atoms with Crippen molar-refractivity contribution < 1.29 is 9.53 Å². The highest BCUT2D eigenvalue weighted by Crippen LogP contribution is 2.27. The summed E-state index contributed by atoms with van der Waals surface area (Å²) in [6.45, 7) is 3.81. The number of nitrogens with zero attached hydrogens (tertiary/aromatic N) is 5. The summed E-state index contributed by atoms with van der Waals surface area (Å²) < 4.78 is 6.38. The van der Waals surface area contributed by atoms with Crippen LogP contribution in [0, 0.1) is 6.92 Å². The number of para-hydroxylation sites is 1. The summed E-state index contributed by atoms with van der Waals surface area (Å²) in [5.74, 6) is -0.131. The van der Waals surface area contributed by atoms with Crippen molar-refractivity contribution in [2.45, 2.75) is 13.8 Å². The van der Waals surface area contributed by atoms with Crippen LogP contribution in [-0.2, 0) is 9.53 Å². The van der Waals surface area contributed by atoms with Gasteiger partial charge in [0.25, 0.3) is 0 Å². The lowest BCUT2D eigenvalue weighted by Gasteiger charge is -2.03. The number of carbonyl (C=O) groups is 1. The second-order valence-electron chi connectivity index (χ2n) is 4.34. The number of esters is 1. The van der Waals surface area contributed by atoms with Gasteiger partial charge in [-0.15, -0.1) is 0 Å². The second kappa shape index (κ2) is 7.10. The van der Waals surface area contributed by atoms with E-state index in [1.54, 1.807) is 24.6 Å². The van der Waals surface area contributed by atoms with E-state index in [4.69, 9.17) is 10.3 Å². The van der Waals surface area contributed by atoms with Crippen molar-refractivity contribution in [2.75, 3.05) is 6.61 Å². The van der Waals surface area contributed by atoms with E-state index >= 15 is 0 Å². The van der Waals surface area contributed by atoms with E-state index in [0.29, 0.717) is 23.7 Å². The molecule has 0 saturated heterocycles. The van der Waals surface area contributed by atoms with Gasteiger partial charge in [0.05, 0.1) is 18.0 Å². The summed E-state index contributed by atoms with van der Waals surface area (Å²) in [6.07, 6.45) is 2.84. The lowest BCUT2D eigenvalue weighted by Crippen LogP contribution is -1.98. The molecule has 22 heavy (non-hydrogen) atoms. The molecule has 0 N–H and O–H groups in total. The minimum absolute atomic E-state index is 0.300. The molecule has 0 aliphatic rings. The minimum Gasteiger partial charge on any atom is -0.463 e. The van der Waals surface area contributed by atoms with E-state index in [9.17, 15) is 4.79 Å². The topological polar surface area (TPSA) is 92.9 Å². The second-order valence-corrected chi connectivity index (χ2v) is 4.34. The number of carbonyl (C=O) groups excluding carboxylic acids is 1. The van der Waals surface area contributed by atoms with Crippen LogP contribution in [0.25, 0.3) is 22.2 Å². The number of aromatic nitrogens is 2. The van der Waals surface area contributed by atoms with Crippen LogP contribution in [0.5, 0.6) is 0 Å². The Morgan fingerprint density at radius 2 is 2.18 bits per heavy atom. The van der Waals surface area contributed by atoms with E-state index in [2.05, 4.69) is 15.1 Å². The zero-order valence-electron chi connectivity index (χ0n) is 12.3. The molecule has 1 aromatic carbocycles. The maximum absolute atomic E-state index is 11.4. The maximum Gasteiger partial charge on any atom is 0.330 e. The monoisotopic (exact) mass is 297 g/mol. The van der Waals surface area contributed by atoms with E-state index in [-0.39, 0.29) is 0 Å². The van der Waals surface area contributed by atoms with Crippen LogP contribution in [0.15, 0.2) is 41.5 Å². The number of hydrogen-bond donors (Lipinski definition) is 0. The molecule has 0 radical (unpaired) electrons. The number of aryl methyl sites for hydroxylation is 1. The lowest BCUT2D eigenvalue weighted by atomic mass is 10.2. The first-order chi connectivity index (χ1) is 10.7. The van der Waals surface area contributed by atoms with Gasteiger partial charge in [0, 0.05) is 16.6 Å². The highest BCUT2D eigenvalue weighted by Gasteiger charge is 2.13. The van der Waals surface area contributed by atoms with Gasteiger partial charge >= 0.3 is 5.97 Å². The van der Waals surface area contributed by atoms with Crippen molar-refractivity contribution in [3.63, 3.8) is 0 Å².